The van der Waals surface area contributed by atoms with Gasteiger partial charge in [0.05, 0.1) is 0 Å². The minimum Gasteiger partial charge on any atom is -0.322 e. The van der Waals surface area contributed by atoms with E-state index in [1.165, 1.54) is 6.92 Å². The van der Waals surface area contributed by atoms with Gasteiger partial charge in [0.25, 0.3) is 5.91 Å². The predicted octanol–water partition coefficient (Wildman–Crippen LogP) is 3.46. The van der Waals surface area contributed by atoms with Crippen molar-refractivity contribution in [3.05, 3.63) is 70.9 Å². The van der Waals surface area contributed by atoms with Gasteiger partial charge in [-0.15, -0.1) is 0 Å². The SMILES string of the molecule is CC(=O)N/C(=C\c1ccccc1)C(=O)Nc1cccc(Cl)c1. The molecule has 22 heavy (non-hydrogen) atoms. The van der Waals surface area contributed by atoms with E-state index in [2.05, 4.69) is 10.6 Å². The molecule has 0 unspecified atom stereocenters. The van der Waals surface area contributed by atoms with Gasteiger partial charge in [-0.05, 0) is 29.8 Å². The molecule has 2 aromatic rings. The lowest BCUT2D eigenvalue weighted by Gasteiger charge is -2.10. The number of benzene rings is 2. The van der Waals surface area contributed by atoms with Crippen molar-refractivity contribution in [2.45, 2.75) is 6.92 Å². The number of carbonyl (C=O) groups excluding carboxylic acids is 2. The number of anilines is 1. The first kappa shape index (κ1) is 15.8. The van der Waals surface area contributed by atoms with E-state index in [1.54, 1.807) is 30.3 Å². The molecule has 2 aromatic carbocycles. The van der Waals surface area contributed by atoms with Gasteiger partial charge in [-0.3, -0.25) is 9.59 Å². The molecule has 0 aromatic heterocycles. The Bertz CT molecular complexity index is 712. The molecule has 112 valence electrons. The molecule has 0 aliphatic heterocycles. The molecule has 0 bridgehead atoms. The van der Waals surface area contributed by atoms with Gasteiger partial charge in [-0.1, -0.05) is 48.0 Å². The number of amides is 2. The molecule has 5 heteroatoms. The van der Waals surface area contributed by atoms with Crippen LogP contribution in [0.4, 0.5) is 5.69 Å². The minimum atomic E-state index is -0.415. The molecule has 2 amide bonds. The van der Waals surface area contributed by atoms with Crippen LogP contribution in [-0.4, -0.2) is 11.8 Å². The second kappa shape index (κ2) is 7.43. The number of halogens is 1. The van der Waals surface area contributed by atoms with Gasteiger partial charge in [0.2, 0.25) is 5.91 Å². The molecule has 4 nitrogen and oxygen atoms in total. The Morgan fingerprint density at radius 3 is 2.41 bits per heavy atom. The van der Waals surface area contributed by atoms with Gasteiger partial charge in [0, 0.05) is 17.6 Å². The normalized spacial score (nSPS) is 10.9. The Kier molecular flexibility index (Phi) is 5.33. The molecule has 0 aliphatic rings. The first-order chi connectivity index (χ1) is 10.5. The average molecular weight is 315 g/mol. The lowest BCUT2D eigenvalue weighted by atomic mass is 10.2. The van der Waals surface area contributed by atoms with Crippen LogP contribution >= 0.6 is 11.6 Å². The fraction of sp³-hybridized carbons (Fsp3) is 0.0588. The third kappa shape index (κ3) is 4.75. The Morgan fingerprint density at radius 2 is 1.77 bits per heavy atom. The standard InChI is InChI=1S/C17H15ClN2O2/c1-12(21)19-16(10-13-6-3-2-4-7-13)17(22)20-15-9-5-8-14(18)11-15/h2-11H,1H3,(H,19,21)(H,20,22)/b16-10-. The second-order valence-corrected chi connectivity index (χ2v) is 5.05. The monoisotopic (exact) mass is 314 g/mol. The zero-order valence-corrected chi connectivity index (χ0v) is 12.7. The molecule has 0 spiro atoms. The topological polar surface area (TPSA) is 58.2 Å². The summed E-state index contributed by atoms with van der Waals surface area (Å²) in [7, 11) is 0. The quantitative estimate of drug-likeness (QED) is 0.849. The summed E-state index contributed by atoms with van der Waals surface area (Å²) in [5, 5.41) is 5.76. The molecule has 2 N–H and O–H groups in total. The van der Waals surface area contributed by atoms with Crippen molar-refractivity contribution < 1.29 is 9.59 Å². The summed E-state index contributed by atoms with van der Waals surface area (Å²) >= 11 is 5.89. The smallest absolute Gasteiger partial charge is 0.272 e. The highest BCUT2D eigenvalue weighted by molar-refractivity contribution is 6.31. The van der Waals surface area contributed by atoms with Crippen molar-refractivity contribution in [2.24, 2.45) is 0 Å². The van der Waals surface area contributed by atoms with Crippen LogP contribution in [-0.2, 0) is 9.59 Å². The van der Waals surface area contributed by atoms with Crippen LogP contribution in [0.2, 0.25) is 5.02 Å². The predicted molar refractivity (Wildman–Crippen MR) is 88.3 cm³/mol. The Balaban J connectivity index is 2.23. The fourth-order valence-corrected chi connectivity index (χ4v) is 2.02. The number of hydrogen-bond acceptors (Lipinski definition) is 2. The first-order valence-electron chi connectivity index (χ1n) is 6.66. The van der Waals surface area contributed by atoms with Gasteiger partial charge in [-0.2, -0.15) is 0 Å². The van der Waals surface area contributed by atoms with Crippen LogP contribution in [0.1, 0.15) is 12.5 Å². The Morgan fingerprint density at radius 1 is 1.05 bits per heavy atom. The van der Waals surface area contributed by atoms with E-state index in [9.17, 15) is 9.59 Å². The molecule has 0 fully saturated rings. The van der Waals surface area contributed by atoms with Gasteiger partial charge in [0.15, 0.2) is 0 Å². The van der Waals surface area contributed by atoms with Crippen molar-refractivity contribution in [1.82, 2.24) is 5.32 Å². The summed E-state index contributed by atoms with van der Waals surface area (Å²) in [5.41, 5.74) is 1.54. The molecule has 0 heterocycles. The summed E-state index contributed by atoms with van der Waals surface area (Å²) < 4.78 is 0. The average Bonchev–Trinajstić information content (AvgIpc) is 2.47. The van der Waals surface area contributed by atoms with E-state index in [-0.39, 0.29) is 11.6 Å². The summed E-state index contributed by atoms with van der Waals surface area (Å²) in [6.07, 6.45) is 1.61. The van der Waals surface area contributed by atoms with Crippen molar-refractivity contribution in [3.63, 3.8) is 0 Å². The molecule has 0 aliphatic carbocycles. The van der Waals surface area contributed by atoms with Gasteiger partial charge in [-0.25, -0.2) is 0 Å². The maximum Gasteiger partial charge on any atom is 0.272 e. The molecule has 0 saturated heterocycles. The van der Waals surface area contributed by atoms with E-state index in [0.29, 0.717) is 10.7 Å². The third-order valence-corrected chi connectivity index (χ3v) is 2.98. The molecule has 2 rings (SSSR count). The number of hydrogen-bond donors (Lipinski definition) is 2. The van der Waals surface area contributed by atoms with E-state index in [0.717, 1.165) is 5.56 Å². The summed E-state index contributed by atoms with van der Waals surface area (Å²) in [6, 6.07) is 16.1. The summed E-state index contributed by atoms with van der Waals surface area (Å²) in [6.45, 7) is 1.35. The van der Waals surface area contributed by atoms with Gasteiger partial charge < -0.3 is 10.6 Å². The van der Waals surface area contributed by atoms with Crippen LogP contribution in [0.5, 0.6) is 0 Å². The van der Waals surface area contributed by atoms with Crippen LogP contribution < -0.4 is 10.6 Å². The Hall–Kier alpha value is -2.59. The maximum absolute atomic E-state index is 12.3. The fourth-order valence-electron chi connectivity index (χ4n) is 1.83. The molecule has 0 radical (unpaired) electrons. The van der Waals surface area contributed by atoms with Crippen LogP contribution in [0.25, 0.3) is 6.08 Å². The lowest BCUT2D eigenvalue weighted by Crippen LogP contribution is -2.28. The summed E-state index contributed by atoms with van der Waals surface area (Å²) in [5.74, 6) is -0.732. The van der Waals surface area contributed by atoms with Gasteiger partial charge >= 0.3 is 0 Å². The van der Waals surface area contributed by atoms with Crippen LogP contribution in [0.15, 0.2) is 60.3 Å². The van der Waals surface area contributed by atoms with Crippen molar-refractivity contribution >= 4 is 35.2 Å². The van der Waals surface area contributed by atoms with Crippen molar-refractivity contribution in [2.75, 3.05) is 5.32 Å². The summed E-state index contributed by atoms with van der Waals surface area (Å²) in [4.78, 5) is 23.6. The molecule has 0 atom stereocenters. The van der Waals surface area contributed by atoms with E-state index in [1.807, 2.05) is 30.3 Å². The van der Waals surface area contributed by atoms with Crippen molar-refractivity contribution in [1.29, 1.82) is 0 Å². The highest BCUT2D eigenvalue weighted by Crippen LogP contribution is 2.16. The van der Waals surface area contributed by atoms with E-state index in [4.69, 9.17) is 11.6 Å². The third-order valence-electron chi connectivity index (χ3n) is 2.75. The van der Waals surface area contributed by atoms with Crippen LogP contribution in [0.3, 0.4) is 0 Å². The highest BCUT2D eigenvalue weighted by atomic mass is 35.5. The highest BCUT2D eigenvalue weighted by Gasteiger charge is 2.11. The lowest BCUT2D eigenvalue weighted by molar-refractivity contribution is -0.120. The minimum absolute atomic E-state index is 0.165. The molecular weight excluding hydrogens is 300 g/mol. The van der Waals surface area contributed by atoms with Crippen LogP contribution in [0, 0.1) is 0 Å². The van der Waals surface area contributed by atoms with E-state index < -0.39 is 5.91 Å². The van der Waals surface area contributed by atoms with Gasteiger partial charge in [0.1, 0.15) is 5.70 Å². The molecule has 0 saturated carbocycles. The van der Waals surface area contributed by atoms with Crippen molar-refractivity contribution in [3.8, 4) is 0 Å². The Labute approximate surface area is 133 Å². The first-order valence-corrected chi connectivity index (χ1v) is 7.03. The van der Waals surface area contributed by atoms with E-state index >= 15 is 0 Å². The zero-order valence-electron chi connectivity index (χ0n) is 12.0. The number of rotatable bonds is 4. The maximum atomic E-state index is 12.3. The number of nitrogens with one attached hydrogen (secondary N) is 2. The molecular formula is C17H15ClN2O2. The largest absolute Gasteiger partial charge is 0.322 e. The number of carbonyl (C=O) groups is 2. The second-order valence-electron chi connectivity index (χ2n) is 4.61. The zero-order chi connectivity index (χ0) is 15.9.